The van der Waals surface area contributed by atoms with Crippen molar-refractivity contribution in [1.82, 2.24) is 0 Å². The number of allylic oxidation sites excluding steroid dienone is 1. The van der Waals surface area contributed by atoms with E-state index in [1.807, 2.05) is 12.1 Å². The lowest BCUT2D eigenvalue weighted by Crippen LogP contribution is -2.48. The van der Waals surface area contributed by atoms with Gasteiger partial charge in [0.2, 0.25) is 0 Å². The molecule has 4 rings (SSSR count). The Hall–Kier alpha value is -4.14. The minimum atomic E-state index is -1.10. The molecule has 2 aromatic rings. The second kappa shape index (κ2) is 12.4. The molecule has 0 aromatic heterocycles. The van der Waals surface area contributed by atoms with E-state index in [1.54, 1.807) is 58.2 Å². The third-order valence-electron chi connectivity index (χ3n) is 7.50. The van der Waals surface area contributed by atoms with Crippen LogP contribution in [0.4, 0.5) is 0 Å². The van der Waals surface area contributed by atoms with Crippen molar-refractivity contribution >= 4 is 23.4 Å². The molecule has 2 aromatic carbocycles. The highest BCUT2D eigenvalue weighted by molar-refractivity contribution is 6.18. The number of ether oxygens (including phenoxy) is 5. The summed E-state index contributed by atoms with van der Waals surface area (Å²) in [7, 11) is 4.63. The Balaban J connectivity index is 1.93. The van der Waals surface area contributed by atoms with Gasteiger partial charge in [0.05, 0.1) is 46.0 Å². The average molecular weight is 550 g/mol. The largest absolute Gasteiger partial charge is 0.497 e. The smallest absolute Gasteiger partial charge is 0.336 e. The van der Waals surface area contributed by atoms with Crippen molar-refractivity contribution < 1.29 is 38.1 Å². The molecule has 1 saturated carbocycles. The molecule has 1 aliphatic carbocycles. The van der Waals surface area contributed by atoms with Gasteiger partial charge in [-0.15, -0.1) is 0 Å². The molecule has 0 amide bonds. The first-order valence-electron chi connectivity index (χ1n) is 13.3. The summed E-state index contributed by atoms with van der Waals surface area (Å²) < 4.78 is 27.3. The van der Waals surface area contributed by atoms with E-state index in [9.17, 15) is 14.4 Å². The molecule has 0 radical (unpaired) electrons. The van der Waals surface area contributed by atoms with Crippen molar-refractivity contribution in [1.29, 1.82) is 0 Å². The molecule has 0 N–H and O–H groups in total. The highest BCUT2D eigenvalue weighted by Gasteiger charge is 2.53. The fourth-order valence-electron chi connectivity index (χ4n) is 5.74. The molecule has 1 unspecified atom stereocenters. The standard InChI is InChI=1S/C31H35NO8/c1-7-39-30(34)25-17(3)32-23-16-21(18-9-11-19(36-4)12-10-18)27(31(35)40-8-2)29(33)28(23)26(25)22-15-20(37-5)13-14-24(22)38-6/h9-15,21,26-28H,7-8,16H2,1-6H3/t21-,26-,27+,28?/m1/s1. The number of rotatable bonds is 9. The third kappa shape index (κ3) is 5.33. The number of Topliss-reactive ketones (excluding diaryl/α,β-unsaturated/α-hetero) is 1. The Morgan fingerprint density at radius 1 is 0.875 bits per heavy atom. The van der Waals surface area contributed by atoms with Gasteiger partial charge in [-0.05, 0) is 63.1 Å². The number of fused-ring (bicyclic) bond motifs is 1. The van der Waals surface area contributed by atoms with Crippen LogP contribution in [0.3, 0.4) is 0 Å². The van der Waals surface area contributed by atoms with Gasteiger partial charge in [-0.2, -0.15) is 0 Å². The van der Waals surface area contributed by atoms with Crippen molar-refractivity contribution in [2.45, 2.75) is 39.0 Å². The van der Waals surface area contributed by atoms with Gasteiger partial charge in [-0.25, -0.2) is 4.79 Å². The van der Waals surface area contributed by atoms with E-state index in [0.29, 0.717) is 40.6 Å². The van der Waals surface area contributed by atoms with Gasteiger partial charge in [-0.1, -0.05) is 12.1 Å². The van der Waals surface area contributed by atoms with E-state index >= 15 is 0 Å². The summed E-state index contributed by atoms with van der Waals surface area (Å²) in [5.74, 6) is -3.20. The van der Waals surface area contributed by atoms with Gasteiger partial charge >= 0.3 is 11.9 Å². The molecule has 1 heterocycles. The van der Waals surface area contributed by atoms with E-state index in [0.717, 1.165) is 5.56 Å². The van der Waals surface area contributed by atoms with Crippen molar-refractivity contribution in [3.05, 3.63) is 64.9 Å². The summed E-state index contributed by atoms with van der Waals surface area (Å²) in [6.45, 7) is 5.44. The molecule has 2 aliphatic rings. The Morgan fingerprint density at radius 2 is 1.52 bits per heavy atom. The summed E-state index contributed by atoms with van der Waals surface area (Å²) in [6, 6.07) is 12.5. The van der Waals surface area contributed by atoms with Crippen LogP contribution in [-0.2, 0) is 23.9 Å². The van der Waals surface area contributed by atoms with Crippen LogP contribution in [0.2, 0.25) is 0 Å². The predicted octanol–water partition coefficient (Wildman–Crippen LogP) is 4.64. The number of aliphatic imine (C=N–C) groups is 1. The van der Waals surface area contributed by atoms with Crippen molar-refractivity contribution in [2.75, 3.05) is 34.5 Å². The minimum Gasteiger partial charge on any atom is -0.497 e. The van der Waals surface area contributed by atoms with Crippen LogP contribution in [0.1, 0.15) is 50.2 Å². The number of ketones is 1. The first kappa shape index (κ1) is 28.9. The van der Waals surface area contributed by atoms with Crippen LogP contribution >= 0.6 is 0 Å². The number of nitrogens with zero attached hydrogens (tertiary/aromatic N) is 1. The molecule has 0 saturated heterocycles. The molecular formula is C31H35NO8. The molecular weight excluding hydrogens is 514 g/mol. The van der Waals surface area contributed by atoms with E-state index in [-0.39, 0.29) is 24.6 Å². The highest BCUT2D eigenvalue weighted by atomic mass is 16.5. The Morgan fingerprint density at radius 3 is 2.12 bits per heavy atom. The van der Waals surface area contributed by atoms with Crippen LogP contribution < -0.4 is 14.2 Å². The molecule has 9 heteroatoms. The summed E-state index contributed by atoms with van der Waals surface area (Å²) in [6.07, 6.45) is 0.322. The fraction of sp³-hybridized carbons (Fsp3) is 0.419. The van der Waals surface area contributed by atoms with Gasteiger partial charge in [0.25, 0.3) is 0 Å². The number of carbonyl (C=O) groups excluding carboxylic acids is 3. The molecule has 1 fully saturated rings. The minimum absolute atomic E-state index is 0.129. The molecule has 0 bridgehead atoms. The molecule has 9 nitrogen and oxygen atoms in total. The zero-order valence-corrected chi connectivity index (χ0v) is 23.7. The average Bonchev–Trinajstić information content (AvgIpc) is 2.96. The topological polar surface area (TPSA) is 110 Å². The Labute approximate surface area is 234 Å². The van der Waals surface area contributed by atoms with Crippen molar-refractivity contribution in [3.8, 4) is 17.2 Å². The highest BCUT2D eigenvalue weighted by Crippen LogP contribution is 2.50. The molecule has 212 valence electrons. The second-order valence-corrected chi connectivity index (χ2v) is 9.60. The van der Waals surface area contributed by atoms with Crippen LogP contribution in [0.15, 0.2) is 58.7 Å². The second-order valence-electron chi connectivity index (χ2n) is 9.60. The normalized spacial score (nSPS) is 22.1. The van der Waals surface area contributed by atoms with Gasteiger partial charge in [-0.3, -0.25) is 14.6 Å². The van der Waals surface area contributed by atoms with Crippen LogP contribution in [0.25, 0.3) is 0 Å². The van der Waals surface area contributed by atoms with E-state index in [1.165, 1.54) is 14.2 Å². The van der Waals surface area contributed by atoms with E-state index in [2.05, 4.69) is 0 Å². The lowest BCUT2D eigenvalue weighted by molar-refractivity contribution is -0.153. The van der Waals surface area contributed by atoms with Crippen LogP contribution in [-0.4, -0.2) is 58.0 Å². The molecule has 4 atom stereocenters. The van der Waals surface area contributed by atoms with Crippen LogP contribution in [0.5, 0.6) is 17.2 Å². The Bertz CT molecular complexity index is 1340. The SMILES string of the molecule is CCOC(=O)C1=C(C)N=C2C[C@H](c3ccc(OC)cc3)[C@H](C(=O)OCC)C(=O)C2[C@@H]1c1cc(OC)ccc1OC. The van der Waals surface area contributed by atoms with Gasteiger partial charge < -0.3 is 23.7 Å². The van der Waals surface area contributed by atoms with Gasteiger partial charge in [0.1, 0.15) is 23.2 Å². The number of hydrogen-bond acceptors (Lipinski definition) is 9. The number of methoxy groups -OCH3 is 3. The molecule has 0 spiro atoms. The van der Waals surface area contributed by atoms with Crippen molar-refractivity contribution in [3.63, 3.8) is 0 Å². The summed E-state index contributed by atoms with van der Waals surface area (Å²) in [5.41, 5.74) is 2.66. The third-order valence-corrected chi connectivity index (χ3v) is 7.50. The maximum absolute atomic E-state index is 14.5. The monoisotopic (exact) mass is 549 g/mol. The predicted molar refractivity (Wildman–Crippen MR) is 148 cm³/mol. The summed E-state index contributed by atoms with van der Waals surface area (Å²) in [5, 5.41) is 0. The van der Waals surface area contributed by atoms with Crippen molar-refractivity contribution in [2.24, 2.45) is 16.8 Å². The lowest BCUT2D eigenvalue weighted by Gasteiger charge is -2.41. The summed E-state index contributed by atoms with van der Waals surface area (Å²) >= 11 is 0. The summed E-state index contributed by atoms with van der Waals surface area (Å²) in [4.78, 5) is 46.0. The number of hydrogen-bond donors (Lipinski definition) is 0. The van der Waals surface area contributed by atoms with Gasteiger partial charge in [0, 0.05) is 28.8 Å². The van der Waals surface area contributed by atoms with Crippen LogP contribution in [0, 0.1) is 11.8 Å². The quantitative estimate of drug-likeness (QED) is 0.329. The maximum Gasteiger partial charge on any atom is 0.336 e. The van der Waals surface area contributed by atoms with Gasteiger partial charge in [0.15, 0.2) is 5.78 Å². The fourth-order valence-corrected chi connectivity index (χ4v) is 5.74. The number of carbonyl (C=O) groups is 3. The Kier molecular flexibility index (Phi) is 8.92. The maximum atomic E-state index is 14.5. The van der Waals surface area contributed by atoms with E-state index in [4.69, 9.17) is 28.7 Å². The molecule has 1 aliphatic heterocycles. The number of benzene rings is 2. The van der Waals surface area contributed by atoms with E-state index < -0.39 is 35.6 Å². The zero-order chi connectivity index (χ0) is 29.0. The first-order valence-corrected chi connectivity index (χ1v) is 13.3. The molecule has 40 heavy (non-hydrogen) atoms. The lowest BCUT2D eigenvalue weighted by atomic mass is 9.62. The zero-order valence-electron chi connectivity index (χ0n) is 23.7. The number of esters is 2. The first-order chi connectivity index (χ1) is 19.3.